The molecule has 38 heavy (non-hydrogen) atoms. The second-order valence-electron chi connectivity index (χ2n) is 10.1. The highest BCUT2D eigenvalue weighted by atomic mass is 15.2. The van der Waals surface area contributed by atoms with Crippen LogP contribution in [0.1, 0.15) is 36.0 Å². The lowest BCUT2D eigenvalue weighted by Gasteiger charge is -2.65. The van der Waals surface area contributed by atoms with E-state index < -0.39 is 27.1 Å². The van der Waals surface area contributed by atoms with Crippen molar-refractivity contribution in [2.75, 3.05) is 0 Å². The van der Waals surface area contributed by atoms with Crippen molar-refractivity contribution in [2.45, 2.75) is 53.0 Å². The van der Waals surface area contributed by atoms with Gasteiger partial charge in [-0.15, -0.1) is 21.4 Å². The molecule has 3 N–H and O–H groups in total. The molecule has 0 unspecified atom stereocenters. The maximum Gasteiger partial charge on any atom is 0.121 e. The molecule has 0 saturated heterocycles. The topological polar surface area (TPSA) is 70.8 Å². The number of aromatic amines is 1. The number of nitrogens with zero attached hydrogens (tertiary/aromatic N) is 3. The molecule has 0 aliphatic heterocycles. The summed E-state index contributed by atoms with van der Waals surface area (Å²) in [5, 5.41) is -9.20. The van der Waals surface area contributed by atoms with Crippen LogP contribution in [0.2, 0.25) is 10.4 Å². The highest BCUT2D eigenvalue weighted by Crippen LogP contribution is 2.55. The van der Waals surface area contributed by atoms with Gasteiger partial charge in [-0.2, -0.15) is 0 Å². The molecular weight excluding hydrogens is 452 g/mol. The number of fused-ring (bicyclic) bond motifs is 2. The average molecular weight is 467 g/mol. The van der Waals surface area contributed by atoms with Crippen molar-refractivity contribution in [2.24, 2.45) is 5.73 Å². The zero-order chi connectivity index (χ0) is 28.4. The zero-order valence-electron chi connectivity index (χ0n) is 21.0. The molecular formula is C21H15B12N5. The van der Waals surface area contributed by atoms with Crippen molar-refractivity contribution in [3.8, 4) is 0 Å². The summed E-state index contributed by atoms with van der Waals surface area (Å²) in [6, 6.07) is 3.31. The number of aromatic nitrogens is 3. The van der Waals surface area contributed by atoms with Crippen LogP contribution in [0, 0.1) is 0 Å². The van der Waals surface area contributed by atoms with Crippen LogP contribution in [0.4, 0.5) is 0 Å². The number of nitrogens with one attached hydrogen (secondary N) is 1. The van der Waals surface area contributed by atoms with Crippen molar-refractivity contribution >= 4 is 127 Å². The first-order valence-corrected chi connectivity index (χ1v) is 11.8. The van der Waals surface area contributed by atoms with E-state index >= 15 is 0 Å². The maximum atomic E-state index is 6.73. The summed E-state index contributed by atoms with van der Waals surface area (Å²) in [7, 11) is 74.9. The van der Waals surface area contributed by atoms with E-state index in [0.29, 0.717) is 23.3 Å². The van der Waals surface area contributed by atoms with Crippen LogP contribution in [0.3, 0.4) is 0 Å². The molecule has 0 spiro atoms. The number of nitrogens with two attached hydrogens (primary N) is 1. The molecule has 5 nitrogen and oxygen atoms in total. The van der Waals surface area contributed by atoms with Gasteiger partial charge >= 0.3 is 0 Å². The Bertz CT molecular complexity index is 1320. The van der Waals surface area contributed by atoms with Crippen molar-refractivity contribution < 1.29 is 0 Å². The second-order valence-corrected chi connectivity index (χ2v) is 10.1. The molecule has 24 radical (unpaired) electrons. The van der Waals surface area contributed by atoms with E-state index in [0.717, 1.165) is 24.1 Å². The normalized spacial score (nSPS) is 17.1. The molecule has 3 aromatic rings. The monoisotopic (exact) mass is 469 g/mol. The van der Waals surface area contributed by atoms with Crippen LogP contribution in [-0.2, 0) is 13.0 Å². The average Bonchev–Trinajstić information content (AvgIpc) is 3.28. The highest BCUT2D eigenvalue weighted by molar-refractivity contribution is 6.67. The fourth-order valence-electron chi connectivity index (χ4n) is 4.92. The number of aryl methyl sites for hydroxylation is 1. The molecule has 17 heteroatoms. The Morgan fingerprint density at radius 3 is 2.18 bits per heavy atom. The Morgan fingerprint density at radius 2 is 1.55 bits per heavy atom. The zero-order valence-corrected chi connectivity index (χ0v) is 21.0. The van der Waals surface area contributed by atoms with Gasteiger partial charge < -0.3 is 10.7 Å². The van der Waals surface area contributed by atoms with E-state index in [1.807, 2.05) is 12.1 Å². The minimum Gasteiger partial charge on any atom is -0.342 e. The third kappa shape index (κ3) is 4.54. The summed E-state index contributed by atoms with van der Waals surface area (Å²) in [5.74, 6) is 0.335. The Kier molecular flexibility index (Phi) is 7.67. The largest absolute Gasteiger partial charge is 0.342 e. The first-order valence-electron chi connectivity index (χ1n) is 11.8. The van der Waals surface area contributed by atoms with Gasteiger partial charge in [0.05, 0.1) is 92.1 Å². The van der Waals surface area contributed by atoms with E-state index in [9.17, 15) is 0 Å². The van der Waals surface area contributed by atoms with Crippen molar-refractivity contribution in [3.05, 3.63) is 35.4 Å². The fraction of sp³-hybridized carbons (Fsp3) is 0.429. The van der Waals surface area contributed by atoms with Gasteiger partial charge in [0.25, 0.3) is 0 Å². The van der Waals surface area contributed by atoms with Crippen molar-refractivity contribution in [1.29, 1.82) is 0 Å². The molecule has 0 saturated carbocycles. The quantitative estimate of drug-likeness (QED) is 0.342. The number of H-pyrrole nitrogens is 1. The number of rotatable bonds is 7. The molecule has 160 valence electrons. The molecule has 2 aromatic heterocycles. The predicted octanol–water partition coefficient (Wildman–Crippen LogP) is -5.14. The molecule has 4 rings (SSSR count). The summed E-state index contributed by atoms with van der Waals surface area (Å²) < 4.78 is 0. The SMILES string of the molecule is [B]c1c([B])c([B])c2[nH]c(CN([C@H]3CCCc4cccnc43)C([B])([B])C([B])([B])C([B])([B])C([B])([B])N)nc2c1[B]. The lowest BCUT2D eigenvalue weighted by Crippen LogP contribution is -2.69. The number of hydrogen-bond acceptors (Lipinski definition) is 4. The third-order valence-electron chi connectivity index (χ3n) is 7.55. The predicted molar refractivity (Wildman–Crippen MR) is 164 cm³/mol. The summed E-state index contributed by atoms with van der Waals surface area (Å²) >= 11 is 0. The summed E-state index contributed by atoms with van der Waals surface area (Å²) in [4.78, 5) is 13.9. The standard InChI is InChI=1S/C21H15B12N5/c22-11-12(23)14(25)17-16(13(11)24)36-10(37-17)7-38(9-5-1-3-8-4-2-6-35-15(8)9)21(32,33)19(28,29)18(26,27)20(30,31)34/h2,4,6,9H,1,3,5,7,34H2,(H,36,37)/t9-/m0/s1. The summed E-state index contributed by atoms with van der Waals surface area (Å²) in [6.07, 6.45) is 3.84. The molecule has 0 amide bonds. The van der Waals surface area contributed by atoms with Crippen LogP contribution >= 0.6 is 0 Å². The Morgan fingerprint density at radius 1 is 0.921 bits per heavy atom. The summed E-state index contributed by atoms with van der Waals surface area (Å²) in [6.45, 7) is -0.0694. The Labute approximate surface area is 240 Å². The fourth-order valence-corrected chi connectivity index (χ4v) is 4.92. The van der Waals surface area contributed by atoms with Crippen LogP contribution < -0.4 is 27.6 Å². The Balaban J connectivity index is 1.89. The van der Waals surface area contributed by atoms with Gasteiger partial charge in [0.2, 0.25) is 0 Å². The van der Waals surface area contributed by atoms with Crippen LogP contribution in [0.5, 0.6) is 0 Å². The number of benzene rings is 1. The molecule has 1 aliphatic rings. The van der Waals surface area contributed by atoms with Gasteiger partial charge in [0, 0.05) is 6.20 Å². The lowest BCUT2D eigenvalue weighted by atomic mass is 9.13. The van der Waals surface area contributed by atoms with Crippen molar-refractivity contribution in [3.63, 3.8) is 0 Å². The number of pyridine rings is 1. The van der Waals surface area contributed by atoms with Gasteiger partial charge in [-0.05, 0) is 30.9 Å². The minimum atomic E-state index is -2.37. The molecule has 1 atom stereocenters. The molecule has 0 fully saturated rings. The smallest absolute Gasteiger partial charge is 0.121 e. The van der Waals surface area contributed by atoms with Gasteiger partial charge in [0.15, 0.2) is 0 Å². The van der Waals surface area contributed by atoms with E-state index in [4.69, 9.17) is 99.9 Å². The Hall–Kier alpha value is -1.46. The van der Waals surface area contributed by atoms with Crippen LogP contribution in [0.15, 0.2) is 18.3 Å². The van der Waals surface area contributed by atoms with E-state index in [2.05, 4.69) is 15.0 Å². The molecule has 1 aromatic carbocycles. The molecule has 0 bridgehead atoms. The van der Waals surface area contributed by atoms with E-state index in [1.54, 1.807) is 11.1 Å². The van der Waals surface area contributed by atoms with E-state index in [-0.39, 0.29) is 28.4 Å². The van der Waals surface area contributed by atoms with Gasteiger partial charge in [-0.25, -0.2) is 4.98 Å². The first kappa shape index (κ1) is 29.5. The van der Waals surface area contributed by atoms with Crippen molar-refractivity contribution in [1.82, 2.24) is 19.9 Å². The van der Waals surface area contributed by atoms with Crippen LogP contribution in [0.25, 0.3) is 11.0 Å². The third-order valence-corrected chi connectivity index (χ3v) is 7.55. The van der Waals surface area contributed by atoms with E-state index in [1.165, 1.54) is 0 Å². The molecule has 1 aliphatic carbocycles. The second kappa shape index (κ2) is 9.87. The van der Waals surface area contributed by atoms with Crippen LogP contribution in [-0.4, -0.2) is 125 Å². The maximum absolute atomic E-state index is 6.73. The first-order chi connectivity index (χ1) is 17.4. The number of hydrogen-bond donors (Lipinski definition) is 2. The van der Waals surface area contributed by atoms with Gasteiger partial charge in [-0.3, -0.25) is 9.88 Å². The van der Waals surface area contributed by atoms with Gasteiger partial charge in [-0.1, -0.05) is 27.7 Å². The van der Waals surface area contributed by atoms with Gasteiger partial charge in [0.1, 0.15) is 37.2 Å². The highest BCUT2D eigenvalue weighted by Gasteiger charge is 2.53. The lowest BCUT2D eigenvalue weighted by molar-refractivity contribution is 0.104. The summed E-state index contributed by atoms with van der Waals surface area (Å²) in [5.41, 5.74) is 8.86. The minimum absolute atomic E-state index is 0.0694. The number of imidazole rings is 1. The molecule has 2 heterocycles.